The van der Waals surface area contributed by atoms with Crippen LogP contribution in [0.2, 0.25) is 0 Å². The number of nitrogens with two attached hydrogens (primary N) is 1. The molecule has 0 saturated carbocycles. The Kier molecular flexibility index (Phi) is 4.04. The fourth-order valence-corrected chi connectivity index (χ4v) is 2.30. The van der Waals surface area contributed by atoms with Crippen LogP contribution in [0, 0.1) is 0 Å². The molecule has 0 spiro atoms. The van der Waals surface area contributed by atoms with E-state index in [1.165, 1.54) is 0 Å². The van der Waals surface area contributed by atoms with Crippen LogP contribution in [0.5, 0.6) is 5.75 Å². The molecule has 1 unspecified atom stereocenters. The van der Waals surface area contributed by atoms with Crippen LogP contribution in [0.15, 0.2) is 24.3 Å². The first kappa shape index (κ1) is 12.7. The van der Waals surface area contributed by atoms with Gasteiger partial charge in [0.25, 0.3) is 0 Å². The zero-order valence-electron chi connectivity index (χ0n) is 10.6. The molecule has 5 heteroatoms. The molecule has 3 N–H and O–H groups in total. The van der Waals surface area contributed by atoms with Gasteiger partial charge in [-0.2, -0.15) is 0 Å². The fraction of sp³-hybridized carbons (Fsp3) is 0.462. The maximum absolute atomic E-state index is 11.6. The van der Waals surface area contributed by atoms with Gasteiger partial charge in [-0.3, -0.25) is 0 Å². The van der Waals surface area contributed by atoms with E-state index in [9.17, 15) is 4.79 Å². The van der Waals surface area contributed by atoms with Gasteiger partial charge >= 0.3 is 6.03 Å². The van der Waals surface area contributed by atoms with Gasteiger partial charge in [-0.15, -0.1) is 0 Å². The Morgan fingerprint density at radius 3 is 3.00 bits per heavy atom. The molecule has 1 saturated heterocycles. The van der Waals surface area contributed by atoms with Gasteiger partial charge < -0.3 is 20.7 Å². The second-order valence-corrected chi connectivity index (χ2v) is 4.36. The summed E-state index contributed by atoms with van der Waals surface area (Å²) in [6, 6.07) is 7.88. The Morgan fingerprint density at radius 2 is 2.28 bits per heavy atom. The van der Waals surface area contributed by atoms with E-state index >= 15 is 0 Å². The van der Waals surface area contributed by atoms with Gasteiger partial charge in [0.2, 0.25) is 0 Å². The van der Waals surface area contributed by atoms with Crippen molar-refractivity contribution in [3.8, 4) is 5.75 Å². The minimum atomic E-state index is -0.0356. The van der Waals surface area contributed by atoms with Crippen molar-refractivity contribution < 1.29 is 9.53 Å². The van der Waals surface area contributed by atoms with Gasteiger partial charge in [-0.1, -0.05) is 18.2 Å². The van der Waals surface area contributed by atoms with E-state index in [0.29, 0.717) is 26.2 Å². The van der Waals surface area contributed by atoms with Crippen molar-refractivity contribution >= 4 is 6.03 Å². The lowest BCUT2D eigenvalue weighted by Crippen LogP contribution is -2.51. The highest BCUT2D eigenvalue weighted by atomic mass is 16.5. The average molecular weight is 249 g/mol. The van der Waals surface area contributed by atoms with Gasteiger partial charge in [-0.25, -0.2) is 4.79 Å². The van der Waals surface area contributed by atoms with Crippen molar-refractivity contribution in [2.24, 2.45) is 5.73 Å². The minimum absolute atomic E-state index is 0.0356. The molecular weight excluding hydrogens is 230 g/mol. The molecule has 0 radical (unpaired) electrons. The molecule has 98 valence electrons. The zero-order chi connectivity index (χ0) is 13.0. The number of benzene rings is 1. The van der Waals surface area contributed by atoms with Crippen molar-refractivity contribution in [3.63, 3.8) is 0 Å². The second-order valence-electron chi connectivity index (χ2n) is 4.36. The van der Waals surface area contributed by atoms with Crippen LogP contribution in [0.25, 0.3) is 0 Å². The number of hydrogen-bond donors (Lipinski definition) is 2. The van der Waals surface area contributed by atoms with Crippen LogP contribution >= 0.6 is 0 Å². The lowest BCUT2D eigenvalue weighted by molar-refractivity contribution is 0.181. The number of methoxy groups -OCH3 is 1. The summed E-state index contributed by atoms with van der Waals surface area (Å²) in [5.41, 5.74) is 6.64. The van der Waals surface area contributed by atoms with E-state index < -0.39 is 0 Å². The summed E-state index contributed by atoms with van der Waals surface area (Å²) in [5, 5.41) is 2.89. The average Bonchev–Trinajstić information content (AvgIpc) is 2.41. The predicted molar refractivity (Wildman–Crippen MR) is 69.8 cm³/mol. The molecule has 1 fully saturated rings. The molecule has 2 amide bonds. The number of ether oxygens (including phenoxy) is 1. The number of carbonyl (C=O) groups is 1. The molecule has 1 aliphatic heterocycles. The molecule has 0 bridgehead atoms. The molecule has 1 aliphatic rings. The first-order valence-corrected chi connectivity index (χ1v) is 6.12. The van der Waals surface area contributed by atoms with Gasteiger partial charge in [0.05, 0.1) is 7.11 Å². The molecule has 1 aromatic carbocycles. The SMILES string of the molecule is COc1ccccc1C1CNC(=O)N(CCN)C1. The summed E-state index contributed by atoms with van der Waals surface area (Å²) < 4.78 is 5.36. The Bertz CT molecular complexity index is 422. The monoisotopic (exact) mass is 249 g/mol. The number of nitrogens with zero attached hydrogens (tertiary/aromatic N) is 1. The largest absolute Gasteiger partial charge is 0.496 e. The third-order valence-corrected chi connectivity index (χ3v) is 3.21. The van der Waals surface area contributed by atoms with Crippen molar-refractivity contribution in [2.45, 2.75) is 5.92 Å². The molecule has 18 heavy (non-hydrogen) atoms. The number of para-hydroxylation sites is 1. The van der Waals surface area contributed by atoms with Crippen molar-refractivity contribution in [3.05, 3.63) is 29.8 Å². The van der Waals surface area contributed by atoms with Gasteiger partial charge in [0, 0.05) is 37.7 Å². The maximum Gasteiger partial charge on any atom is 0.317 e. The van der Waals surface area contributed by atoms with Crippen molar-refractivity contribution in [1.29, 1.82) is 0 Å². The summed E-state index contributed by atoms with van der Waals surface area (Å²) in [7, 11) is 1.66. The molecule has 0 aliphatic carbocycles. The number of carbonyl (C=O) groups excluding carboxylic acids is 1. The fourth-order valence-electron chi connectivity index (χ4n) is 2.30. The van der Waals surface area contributed by atoms with Gasteiger partial charge in [0.1, 0.15) is 5.75 Å². The molecule has 1 aromatic rings. The second kappa shape index (κ2) is 5.73. The minimum Gasteiger partial charge on any atom is -0.496 e. The zero-order valence-corrected chi connectivity index (χ0v) is 10.6. The van der Waals surface area contributed by atoms with Gasteiger partial charge in [0.15, 0.2) is 0 Å². The summed E-state index contributed by atoms with van der Waals surface area (Å²) >= 11 is 0. The Morgan fingerprint density at radius 1 is 1.50 bits per heavy atom. The van der Waals surface area contributed by atoms with Crippen LogP contribution in [-0.4, -0.2) is 44.2 Å². The lowest BCUT2D eigenvalue weighted by atomic mass is 9.96. The number of rotatable bonds is 4. The summed E-state index contributed by atoms with van der Waals surface area (Å²) in [6.45, 7) is 2.38. The van der Waals surface area contributed by atoms with Crippen molar-refractivity contribution in [2.75, 3.05) is 33.3 Å². The van der Waals surface area contributed by atoms with Crippen LogP contribution < -0.4 is 15.8 Å². The number of amides is 2. The molecule has 0 aromatic heterocycles. The molecule has 2 rings (SSSR count). The van der Waals surface area contributed by atoms with E-state index in [1.54, 1.807) is 12.0 Å². The number of nitrogens with one attached hydrogen (secondary N) is 1. The van der Waals surface area contributed by atoms with Crippen LogP contribution in [0.1, 0.15) is 11.5 Å². The van der Waals surface area contributed by atoms with E-state index in [1.807, 2.05) is 24.3 Å². The third kappa shape index (κ3) is 2.56. The predicted octanol–water partition coefficient (Wildman–Crippen LogP) is 0.763. The molecular formula is C13H19N3O2. The maximum atomic E-state index is 11.6. The van der Waals surface area contributed by atoms with E-state index in [0.717, 1.165) is 11.3 Å². The Labute approximate surface area is 107 Å². The van der Waals surface area contributed by atoms with Crippen LogP contribution in [-0.2, 0) is 0 Å². The normalized spacial score (nSPS) is 19.6. The molecule has 1 atom stereocenters. The highest BCUT2D eigenvalue weighted by molar-refractivity contribution is 5.75. The molecule has 1 heterocycles. The van der Waals surface area contributed by atoms with Gasteiger partial charge in [-0.05, 0) is 6.07 Å². The highest BCUT2D eigenvalue weighted by Gasteiger charge is 2.27. The first-order valence-electron chi connectivity index (χ1n) is 6.12. The molecule has 5 nitrogen and oxygen atoms in total. The number of urea groups is 1. The lowest BCUT2D eigenvalue weighted by Gasteiger charge is -2.33. The first-order chi connectivity index (χ1) is 8.76. The Hall–Kier alpha value is -1.75. The smallest absolute Gasteiger partial charge is 0.317 e. The van der Waals surface area contributed by atoms with Crippen molar-refractivity contribution in [1.82, 2.24) is 10.2 Å². The topological polar surface area (TPSA) is 67.6 Å². The van der Waals surface area contributed by atoms with E-state index in [4.69, 9.17) is 10.5 Å². The number of hydrogen-bond acceptors (Lipinski definition) is 3. The summed E-state index contributed by atoms with van der Waals surface area (Å²) in [4.78, 5) is 13.4. The van der Waals surface area contributed by atoms with E-state index in [-0.39, 0.29) is 11.9 Å². The highest BCUT2D eigenvalue weighted by Crippen LogP contribution is 2.28. The standard InChI is InChI=1S/C13H19N3O2/c1-18-12-5-3-2-4-11(12)10-8-15-13(17)16(9-10)7-6-14/h2-5,10H,6-9,14H2,1H3,(H,15,17). The third-order valence-electron chi connectivity index (χ3n) is 3.21. The van der Waals surface area contributed by atoms with Crippen LogP contribution in [0.3, 0.4) is 0 Å². The summed E-state index contributed by atoms with van der Waals surface area (Å²) in [6.07, 6.45) is 0. The van der Waals surface area contributed by atoms with Crippen LogP contribution in [0.4, 0.5) is 4.79 Å². The quantitative estimate of drug-likeness (QED) is 0.828. The summed E-state index contributed by atoms with van der Waals surface area (Å²) in [5.74, 6) is 1.11. The van der Waals surface area contributed by atoms with E-state index in [2.05, 4.69) is 5.32 Å². The Balaban J connectivity index is 2.16.